The molecule has 0 heterocycles. The van der Waals surface area contributed by atoms with Gasteiger partial charge in [0, 0.05) is 20.1 Å². The molecule has 0 atom stereocenters. The van der Waals surface area contributed by atoms with Crippen LogP contribution in [0.1, 0.15) is 0 Å². The molecule has 0 N–H and O–H groups in total. The van der Waals surface area contributed by atoms with Gasteiger partial charge in [0.1, 0.15) is 0 Å². The number of hydrogen-bond donors (Lipinski definition) is 0. The van der Waals surface area contributed by atoms with Crippen molar-refractivity contribution < 1.29 is 37.2 Å². The predicted molar refractivity (Wildman–Crippen MR) is 44.1 cm³/mol. The van der Waals surface area contributed by atoms with E-state index in [1.807, 2.05) is 60.7 Å². The van der Waals surface area contributed by atoms with Crippen molar-refractivity contribution in [3.05, 3.63) is 60.7 Å². The summed E-state index contributed by atoms with van der Waals surface area (Å²) in [6.45, 7) is 0. The molecule has 0 amide bonds. The van der Waals surface area contributed by atoms with Crippen molar-refractivity contribution in [1.82, 2.24) is 0 Å². The average molecular weight is 378 g/mol. The van der Waals surface area contributed by atoms with Crippen molar-refractivity contribution in [2.24, 2.45) is 0 Å². The van der Waals surface area contributed by atoms with E-state index in [0.29, 0.717) is 0 Å². The van der Waals surface area contributed by atoms with Gasteiger partial charge in [-0.15, -0.1) is 0 Å². The summed E-state index contributed by atoms with van der Waals surface area (Å²) < 4.78 is 0. The van der Waals surface area contributed by atoms with Crippen LogP contribution < -0.4 is 0 Å². The van der Waals surface area contributed by atoms with Crippen LogP contribution >= 0.6 is 0 Å². The number of rotatable bonds is 0. The first-order valence-corrected chi connectivity index (χ1v) is 3.33. The fourth-order valence-electron chi connectivity index (χ4n) is 0.642. The topological polar surface area (TPSA) is 0 Å². The Bertz CT molecular complexity index is 149. The Hall–Kier alpha value is -0.131. The fraction of sp³-hybridized carbons (Fsp3) is 0. The van der Waals surface area contributed by atoms with E-state index in [-0.39, 0.29) is 37.2 Å². The van der Waals surface area contributed by atoms with Gasteiger partial charge in [0.15, 0.2) is 0 Å². The zero-order valence-electron chi connectivity index (χ0n) is 6.46. The molecule has 1 radical (unpaired) electrons. The van der Waals surface area contributed by atoms with Crippen molar-refractivity contribution in [2.45, 2.75) is 0 Å². The molecule has 67 valence electrons. The van der Waals surface area contributed by atoms with E-state index < -0.39 is 0 Å². The van der Waals surface area contributed by atoms with Gasteiger partial charge in [-0.2, -0.15) is 36.4 Å². The second-order valence-electron chi connectivity index (χ2n) is 1.92. The first-order chi connectivity index (χ1) is 5.00. The minimum absolute atomic E-state index is 0. The summed E-state index contributed by atoms with van der Waals surface area (Å²) in [5.74, 6) is 0. The van der Waals surface area contributed by atoms with Crippen LogP contribution in [0.5, 0.6) is 0 Å². The average Bonchev–Trinajstić information content (AvgIpc) is 2.67. The van der Waals surface area contributed by atoms with Crippen LogP contribution in [0.2, 0.25) is 0 Å². The van der Waals surface area contributed by atoms with E-state index in [0.717, 1.165) is 0 Å². The SMILES string of the molecule is [Fe+2].[Ir].c1cc[cH-]c1.c1cc[cH-]c1. The quantitative estimate of drug-likeness (QED) is 0.489. The van der Waals surface area contributed by atoms with E-state index in [4.69, 9.17) is 0 Å². The maximum atomic E-state index is 2.00. The van der Waals surface area contributed by atoms with Gasteiger partial charge in [0.05, 0.1) is 0 Å². The monoisotopic (exact) mass is 379 g/mol. The first-order valence-electron chi connectivity index (χ1n) is 3.33. The molecule has 0 spiro atoms. The predicted octanol–water partition coefficient (Wildman–Crippen LogP) is 2.81. The van der Waals surface area contributed by atoms with Gasteiger partial charge in [-0.25, -0.2) is 24.3 Å². The van der Waals surface area contributed by atoms with Crippen LogP contribution in [0.25, 0.3) is 0 Å². The summed E-state index contributed by atoms with van der Waals surface area (Å²) in [5, 5.41) is 0. The van der Waals surface area contributed by atoms with E-state index in [1.54, 1.807) is 0 Å². The van der Waals surface area contributed by atoms with Crippen molar-refractivity contribution in [2.75, 3.05) is 0 Å². The molecule has 0 saturated carbocycles. The van der Waals surface area contributed by atoms with Crippen LogP contribution in [-0.2, 0) is 37.2 Å². The first kappa shape index (κ1) is 14.4. The molecule has 0 fully saturated rings. The third-order valence-corrected chi connectivity index (χ3v) is 1.11. The van der Waals surface area contributed by atoms with E-state index in [2.05, 4.69) is 0 Å². The van der Waals surface area contributed by atoms with Crippen LogP contribution in [0.4, 0.5) is 0 Å². The summed E-state index contributed by atoms with van der Waals surface area (Å²) in [7, 11) is 0. The minimum atomic E-state index is 0. The summed E-state index contributed by atoms with van der Waals surface area (Å²) in [4.78, 5) is 0. The zero-order chi connectivity index (χ0) is 7.07. The van der Waals surface area contributed by atoms with Crippen LogP contribution in [0.15, 0.2) is 60.7 Å². The van der Waals surface area contributed by atoms with Crippen LogP contribution in [-0.4, -0.2) is 0 Å². The Kier molecular flexibility index (Phi) is 13.0. The maximum Gasteiger partial charge on any atom is 2.00 e. The molecule has 0 aliphatic rings. The summed E-state index contributed by atoms with van der Waals surface area (Å²) in [5.41, 5.74) is 0. The normalized spacial score (nSPS) is 6.67. The van der Waals surface area contributed by atoms with Gasteiger partial charge in [0.25, 0.3) is 0 Å². The summed E-state index contributed by atoms with van der Waals surface area (Å²) >= 11 is 0. The van der Waals surface area contributed by atoms with Crippen molar-refractivity contribution in [3.8, 4) is 0 Å². The van der Waals surface area contributed by atoms with Crippen molar-refractivity contribution in [1.29, 1.82) is 0 Å². The van der Waals surface area contributed by atoms with E-state index in [1.165, 1.54) is 0 Å². The van der Waals surface area contributed by atoms with Crippen LogP contribution in [0.3, 0.4) is 0 Å². The zero-order valence-corrected chi connectivity index (χ0v) is 9.96. The summed E-state index contributed by atoms with van der Waals surface area (Å²) in [6, 6.07) is 20.0. The minimum Gasteiger partial charge on any atom is -0.214 e. The molecule has 12 heavy (non-hydrogen) atoms. The molecule has 0 aliphatic heterocycles. The smallest absolute Gasteiger partial charge is 0.214 e. The molecule has 0 aromatic heterocycles. The molecule has 2 heteroatoms. The largest absolute Gasteiger partial charge is 2.00 e. The molecule has 2 aromatic carbocycles. The molecule has 0 saturated heterocycles. The third kappa shape index (κ3) is 7.97. The molecular weight excluding hydrogens is 368 g/mol. The maximum absolute atomic E-state index is 2.00. The van der Waals surface area contributed by atoms with Crippen molar-refractivity contribution >= 4 is 0 Å². The van der Waals surface area contributed by atoms with E-state index >= 15 is 0 Å². The Balaban J connectivity index is 0. The molecule has 0 bridgehead atoms. The fourth-order valence-corrected chi connectivity index (χ4v) is 0.642. The molecule has 2 aromatic rings. The molecule has 2 rings (SSSR count). The summed E-state index contributed by atoms with van der Waals surface area (Å²) in [6.07, 6.45) is 0. The Morgan fingerprint density at radius 2 is 0.833 bits per heavy atom. The molecular formula is C10H10FeIr. The van der Waals surface area contributed by atoms with Gasteiger partial charge in [-0.3, -0.25) is 0 Å². The van der Waals surface area contributed by atoms with Gasteiger partial charge in [-0.05, 0) is 0 Å². The van der Waals surface area contributed by atoms with Gasteiger partial charge >= 0.3 is 17.1 Å². The third-order valence-electron chi connectivity index (χ3n) is 1.11. The molecule has 0 nitrogen and oxygen atoms in total. The molecule has 0 unspecified atom stereocenters. The Labute approximate surface area is 97.5 Å². The second-order valence-corrected chi connectivity index (χ2v) is 1.92. The van der Waals surface area contributed by atoms with Gasteiger partial charge < -0.3 is 0 Å². The number of hydrogen-bond acceptors (Lipinski definition) is 0. The van der Waals surface area contributed by atoms with Crippen molar-refractivity contribution in [3.63, 3.8) is 0 Å². The van der Waals surface area contributed by atoms with Gasteiger partial charge in [0.2, 0.25) is 0 Å². The van der Waals surface area contributed by atoms with E-state index in [9.17, 15) is 0 Å². The molecule has 0 aliphatic carbocycles. The Morgan fingerprint density at radius 3 is 0.917 bits per heavy atom. The van der Waals surface area contributed by atoms with Crippen LogP contribution in [0, 0.1) is 0 Å². The van der Waals surface area contributed by atoms with Gasteiger partial charge in [-0.1, -0.05) is 0 Å². The standard InChI is InChI=1S/2C5H5.Fe.Ir/c2*1-2-4-5-3-1;;/h2*1-5H;;/q2*-1;+2;. The second kappa shape index (κ2) is 10.9. The Morgan fingerprint density at radius 1 is 0.583 bits per heavy atom.